The van der Waals surface area contributed by atoms with E-state index in [4.69, 9.17) is 27.9 Å². The Hall–Kier alpha value is -1.29. The van der Waals surface area contributed by atoms with Gasteiger partial charge in [0.15, 0.2) is 0 Å². The van der Waals surface area contributed by atoms with Crippen LogP contribution in [-0.2, 0) is 13.2 Å². The van der Waals surface area contributed by atoms with E-state index in [9.17, 15) is 4.39 Å². The molecule has 0 spiro atoms. The second kappa shape index (κ2) is 7.64. The second-order valence-electron chi connectivity index (χ2n) is 4.54. The predicted octanol–water partition coefficient (Wildman–Crippen LogP) is 4.82. The molecule has 0 aliphatic carbocycles. The first-order chi connectivity index (χ1) is 10.1. The molecule has 112 valence electrons. The Labute approximate surface area is 133 Å². The third-order valence-corrected chi connectivity index (χ3v) is 3.48. The summed E-state index contributed by atoms with van der Waals surface area (Å²) in [4.78, 5) is 0. The van der Waals surface area contributed by atoms with Crippen LogP contribution in [0.15, 0.2) is 36.4 Å². The molecule has 5 heteroatoms. The Balaban J connectivity index is 2.20. The molecule has 0 amide bonds. The summed E-state index contributed by atoms with van der Waals surface area (Å²) in [5.41, 5.74) is 1.34. The fourth-order valence-corrected chi connectivity index (χ4v) is 2.52. The van der Waals surface area contributed by atoms with E-state index in [2.05, 4.69) is 5.32 Å². The van der Waals surface area contributed by atoms with Gasteiger partial charge in [0.1, 0.15) is 18.2 Å². The molecule has 2 aromatic rings. The highest BCUT2D eigenvalue weighted by Crippen LogP contribution is 2.33. The number of hydrogen-bond acceptors (Lipinski definition) is 2. The Morgan fingerprint density at radius 1 is 1.14 bits per heavy atom. The quantitative estimate of drug-likeness (QED) is 0.821. The molecule has 2 aromatic carbocycles. The van der Waals surface area contributed by atoms with Gasteiger partial charge in [-0.3, -0.25) is 0 Å². The number of rotatable bonds is 6. The molecule has 2 rings (SSSR count). The molecular weight excluding hydrogens is 312 g/mol. The average molecular weight is 328 g/mol. The van der Waals surface area contributed by atoms with Gasteiger partial charge in [-0.25, -0.2) is 4.39 Å². The van der Waals surface area contributed by atoms with E-state index in [-0.39, 0.29) is 12.4 Å². The molecule has 0 bridgehead atoms. The Kier molecular flexibility index (Phi) is 5.85. The zero-order valence-corrected chi connectivity index (χ0v) is 13.1. The third kappa shape index (κ3) is 4.34. The number of nitrogens with one attached hydrogen (secondary N) is 1. The monoisotopic (exact) mass is 327 g/mol. The van der Waals surface area contributed by atoms with Gasteiger partial charge < -0.3 is 10.1 Å². The van der Waals surface area contributed by atoms with E-state index in [1.807, 2.05) is 6.92 Å². The molecule has 0 aromatic heterocycles. The minimum Gasteiger partial charge on any atom is -0.487 e. The van der Waals surface area contributed by atoms with Crippen molar-refractivity contribution >= 4 is 23.2 Å². The molecule has 0 unspecified atom stereocenters. The lowest BCUT2D eigenvalue weighted by Gasteiger charge is -2.14. The van der Waals surface area contributed by atoms with E-state index in [0.29, 0.717) is 27.9 Å². The van der Waals surface area contributed by atoms with Crippen molar-refractivity contribution in [2.75, 3.05) is 6.54 Å². The molecule has 0 atom stereocenters. The number of hydrogen-bond donors (Lipinski definition) is 1. The summed E-state index contributed by atoms with van der Waals surface area (Å²) in [7, 11) is 0. The zero-order chi connectivity index (χ0) is 15.2. The van der Waals surface area contributed by atoms with Crippen LogP contribution >= 0.6 is 23.2 Å². The first-order valence-electron chi connectivity index (χ1n) is 6.66. The SMILES string of the molecule is CCNCc1cc(Cl)cc(Cl)c1OCc1ccccc1F. The maximum Gasteiger partial charge on any atom is 0.142 e. The molecule has 0 aliphatic heterocycles. The highest BCUT2D eigenvalue weighted by Gasteiger charge is 2.12. The molecule has 0 aliphatic rings. The van der Waals surface area contributed by atoms with Crippen LogP contribution < -0.4 is 10.1 Å². The highest BCUT2D eigenvalue weighted by molar-refractivity contribution is 6.35. The van der Waals surface area contributed by atoms with Gasteiger partial charge >= 0.3 is 0 Å². The van der Waals surface area contributed by atoms with Gasteiger partial charge in [0.2, 0.25) is 0 Å². The van der Waals surface area contributed by atoms with Crippen LogP contribution in [0.25, 0.3) is 0 Å². The summed E-state index contributed by atoms with van der Waals surface area (Å²) in [5.74, 6) is 0.237. The summed E-state index contributed by atoms with van der Waals surface area (Å²) < 4.78 is 19.3. The van der Waals surface area contributed by atoms with Gasteiger partial charge in [-0.1, -0.05) is 48.3 Å². The summed E-state index contributed by atoms with van der Waals surface area (Å²) >= 11 is 12.2. The highest BCUT2D eigenvalue weighted by atomic mass is 35.5. The maximum atomic E-state index is 13.6. The smallest absolute Gasteiger partial charge is 0.142 e. The first kappa shape index (κ1) is 16.1. The number of halogens is 3. The third-order valence-electron chi connectivity index (χ3n) is 2.98. The van der Waals surface area contributed by atoms with Crippen LogP contribution in [0.4, 0.5) is 4.39 Å². The lowest BCUT2D eigenvalue weighted by atomic mass is 10.2. The standard InChI is InChI=1S/C16H16Cl2FNO/c1-2-20-9-12-7-13(17)8-14(18)16(12)21-10-11-5-3-4-6-15(11)19/h3-8,20H,2,9-10H2,1H3. The van der Waals surface area contributed by atoms with Crippen LogP contribution in [0.5, 0.6) is 5.75 Å². The van der Waals surface area contributed by atoms with E-state index in [0.717, 1.165) is 12.1 Å². The molecule has 0 radical (unpaired) electrons. The van der Waals surface area contributed by atoms with Crippen molar-refractivity contribution in [2.24, 2.45) is 0 Å². The van der Waals surface area contributed by atoms with Gasteiger partial charge in [-0.2, -0.15) is 0 Å². The van der Waals surface area contributed by atoms with E-state index in [1.54, 1.807) is 30.3 Å². The number of benzene rings is 2. The van der Waals surface area contributed by atoms with Crippen LogP contribution in [0, 0.1) is 5.82 Å². The average Bonchev–Trinajstić information content (AvgIpc) is 2.45. The molecule has 21 heavy (non-hydrogen) atoms. The summed E-state index contributed by atoms with van der Waals surface area (Å²) in [5, 5.41) is 4.17. The van der Waals surface area contributed by atoms with Crippen molar-refractivity contribution in [3.63, 3.8) is 0 Å². The van der Waals surface area contributed by atoms with Crippen molar-refractivity contribution in [2.45, 2.75) is 20.1 Å². The van der Waals surface area contributed by atoms with Crippen molar-refractivity contribution < 1.29 is 9.13 Å². The molecule has 0 saturated carbocycles. The van der Waals surface area contributed by atoms with Gasteiger partial charge in [0.25, 0.3) is 0 Å². The van der Waals surface area contributed by atoms with Crippen LogP contribution in [0.3, 0.4) is 0 Å². The largest absolute Gasteiger partial charge is 0.487 e. The van der Waals surface area contributed by atoms with Crippen molar-refractivity contribution in [3.05, 3.63) is 63.4 Å². The van der Waals surface area contributed by atoms with Gasteiger partial charge in [-0.15, -0.1) is 0 Å². The molecule has 2 nitrogen and oxygen atoms in total. The fourth-order valence-electron chi connectivity index (χ4n) is 1.93. The molecular formula is C16H16Cl2FNO. The number of ether oxygens (including phenoxy) is 1. The van der Waals surface area contributed by atoms with E-state index in [1.165, 1.54) is 6.07 Å². The van der Waals surface area contributed by atoms with E-state index >= 15 is 0 Å². The Bertz CT molecular complexity index is 619. The van der Waals surface area contributed by atoms with Crippen molar-refractivity contribution in [1.29, 1.82) is 0 Å². The van der Waals surface area contributed by atoms with Crippen LogP contribution in [-0.4, -0.2) is 6.54 Å². The summed E-state index contributed by atoms with van der Waals surface area (Å²) in [6.45, 7) is 3.53. The molecule has 0 fully saturated rings. The van der Waals surface area contributed by atoms with Crippen molar-refractivity contribution in [1.82, 2.24) is 5.32 Å². The lowest BCUT2D eigenvalue weighted by molar-refractivity contribution is 0.296. The van der Waals surface area contributed by atoms with Crippen molar-refractivity contribution in [3.8, 4) is 5.75 Å². The molecule has 1 N–H and O–H groups in total. The molecule has 0 heterocycles. The minimum absolute atomic E-state index is 0.118. The summed E-state index contributed by atoms with van der Waals surface area (Å²) in [6.07, 6.45) is 0. The lowest BCUT2D eigenvalue weighted by Crippen LogP contribution is -2.13. The summed E-state index contributed by atoms with van der Waals surface area (Å²) in [6, 6.07) is 9.92. The first-order valence-corrected chi connectivity index (χ1v) is 7.42. The second-order valence-corrected chi connectivity index (χ2v) is 5.38. The minimum atomic E-state index is -0.296. The predicted molar refractivity (Wildman–Crippen MR) is 84.6 cm³/mol. The van der Waals surface area contributed by atoms with Gasteiger partial charge in [-0.05, 0) is 24.7 Å². The van der Waals surface area contributed by atoms with Crippen LogP contribution in [0.1, 0.15) is 18.1 Å². The molecule has 0 saturated heterocycles. The Morgan fingerprint density at radius 3 is 2.62 bits per heavy atom. The maximum absolute atomic E-state index is 13.6. The van der Waals surface area contributed by atoms with Gasteiger partial charge in [0.05, 0.1) is 5.02 Å². The van der Waals surface area contributed by atoms with Gasteiger partial charge in [0, 0.05) is 22.7 Å². The fraction of sp³-hybridized carbons (Fsp3) is 0.250. The topological polar surface area (TPSA) is 21.3 Å². The zero-order valence-electron chi connectivity index (χ0n) is 11.6. The van der Waals surface area contributed by atoms with Crippen LogP contribution in [0.2, 0.25) is 10.0 Å². The van der Waals surface area contributed by atoms with E-state index < -0.39 is 0 Å². The Morgan fingerprint density at radius 2 is 1.90 bits per heavy atom. The normalized spacial score (nSPS) is 10.7.